The van der Waals surface area contributed by atoms with E-state index < -0.39 is 17.5 Å². The Kier molecular flexibility index (Phi) is 4.64. The van der Waals surface area contributed by atoms with Gasteiger partial charge in [-0.15, -0.1) is 0 Å². The van der Waals surface area contributed by atoms with E-state index in [0.717, 1.165) is 17.0 Å². The molecular weight excluding hydrogens is 356 g/mol. The quantitative estimate of drug-likeness (QED) is 0.685. The first kappa shape index (κ1) is 17.9. The average molecular weight is 374 g/mol. The largest absolute Gasteiger partial charge is 0.326 e. The van der Waals surface area contributed by atoms with E-state index in [1.165, 1.54) is 0 Å². The van der Waals surface area contributed by atoms with Crippen LogP contribution in [0.25, 0.3) is 0 Å². The monoisotopic (exact) mass is 374 g/mol. The molecule has 0 saturated carbocycles. The summed E-state index contributed by atoms with van der Waals surface area (Å²) >= 11 is 1.11. The molecule has 136 valence electrons. The lowest BCUT2D eigenvalue weighted by Crippen LogP contribution is -2.40. The summed E-state index contributed by atoms with van der Waals surface area (Å²) in [6.45, 7) is 3.72. The lowest BCUT2D eigenvalue weighted by Gasteiger charge is -2.21. The molecule has 1 aromatic heterocycles. The van der Waals surface area contributed by atoms with Gasteiger partial charge >= 0.3 is 10.9 Å². The first-order chi connectivity index (χ1) is 12.3. The minimum atomic E-state index is -1.18. The molecule has 3 rings (SSSR count). The highest BCUT2D eigenvalue weighted by Gasteiger charge is 2.43. The second kappa shape index (κ2) is 6.75. The van der Waals surface area contributed by atoms with Crippen molar-refractivity contribution in [2.75, 3.05) is 5.32 Å². The number of aryl methyl sites for hydroxylation is 1. The predicted octanol–water partition coefficient (Wildman–Crippen LogP) is 1.30. The van der Waals surface area contributed by atoms with Crippen LogP contribution < -0.4 is 20.8 Å². The van der Waals surface area contributed by atoms with Crippen molar-refractivity contribution < 1.29 is 14.4 Å². The van der Waals surface area contributed by atoms with Gasteiger partial charge in [-0.1, -0.05) is 23.5 Å². The first-order valence-electron chi connectivity index (χ1n) is 7.98. The normalized spacial score (nSPS) is 19.2. The zero-order valence-corrected chi connectivity index (χ0v) is 15.1. The summed E-state index contributed by atoms with van der Waals surface area (Å²) in [6, 6.07) is 6.19. The minimum Gasteiger partial charge on any atom is -0.326 e. The van der Waals surface area contributed by atoms with E-state index in [2.05, 4.69) is 16.0 Å². The van der Waals surface area contributed by atoms with Gasteiger partial charge in [0.1, 0.15) is 5.54 Å². The van der Waals surface area contributed by atoms with E-state index in [1.54, 1.807) is 41.1 Å². The van der Waals surface area contributed by atoms with E-state index in [1.807, 2.05) is 6.92 Å². The number of hydrogen-bond acceptors (Lipinski definition) is 5. The molecule has 0 radical (unpaired) electrons. The van der Waals surface area contributed by atoms with Crippen LogP contribution in [0, 0.1) is 6.92 Å². The van der Waals surface area contributed by atoms with Crippen molar-refractivity contribution in [3.05, 3.63) is 50.6 Å². The molecule has 0 bridgehead atoms. The van der Waals surface area contributed by atoms with Crippen molar-refractivity contribution in [3.8, 4) is 0 Å². The molecule has 0 spiro atoms. The Balaban J connectivity index is 1.69. The van der Waals surface area contributed by atoms with E-state index in [-0.39, 0.29) is 17.2 Å². The van der Waals surface area contributed by atoms with Gasteiger partial charge in [-0.05, 0) is 31.5 Å². The average Bonchev–Trinajstić information content (AvgIpc) is 3.04. The Morgan fingerprint density at radius 3 is 2.69 bits per heavy atom. The summed E-state index contributed by atoms with van der Waals surface area (Å²) in [6.07, 6.45) is 0.149. The van der Waals surface area contributed by atoms with Crippen LogP contribution in [0.4, 0.5) is 10.5 Å². The number of carbonyl (C=O) groups excluding carboxylic acids is 3. The number of nitrogens with one attached hydrogen (secondary N) is 3. The maximum absolute atomic E-state index is 12.2. The summed E-state index contributed by atoms with van der Waals surface area (Å²) in [5.74, 6) is -0.692. The van der Waals surface area contributed by atoms with Crippen LogP contribution in [0.5, 0.6) is 0 Å². The molecule has 26 heavy (non-hydrogen) atoms. The maximum atomic E-state index is 12.2. The number of benzene rings is 1. The van der Waals surface area contributed by atoms with Crippen LogP contribution in [0.1, 0.15) is 24.6 Å². The van der Waals surface area contributed by atoms with Crippen molar-refractivity contribution in [1.29, 1.82) is 0 Å². The fourth-order valence-corrected chi connectivity index (χ4v) is 3.53. The first-order valence-corrected chi connectivity index (χ1v) is 8.86. The van der Waals surface area contributed by atoms with Crippen molar-refractivity contribution in [2.45, 2.75) is 32.4 Å². The third-order valence-electron chi connectivity index (χ3n) is 4.31. The molecule has 2 aromatic rings. The minimum absolute atomic E-state index is 0.0896. The van der Waals surface area contributed by atoms with Crippen molar-refractivity contribution in [1.82, 2.24) is 15.2 Å². The number of thiazole rings is 1. The van der Waals surface area contributed by atoms with Crippen molar-refractivity contribution in [2.24, 2.45) is 0 Å². The molecule has 2 heterocycles. The summed E-state index contributed by atoms with van der Waals surface area (Å²) in [7, 11) is 0. The molecule has 1 aromatic carbocycles. The van der Waals surface area contributed by atoms with Gasteiger partial charge in [0, 0.05) is 29.7 Å². The summed E-state index contributed by atoms with van der Waals surface area (Å²) in [4.78, 5) is 47.2. The Labute approximate surface area is 153 Å². The van der Waals surface area contributed by atoms with Crippen LogP contribution in [0.15, 0.2) is 34.4 Å². The highest BCUT2D eigenvalue weighted by Crippen LogP contribution is 2.26. The van der Waals surface area contributed by atoms with Crippen molar-refractivity contribution >= 4 is 34.9 Å². The lowest BCUT2D eigenvalue weighted by atomic mass is 9.92. The third-order valence-corrected chi connectivity index (χ3v) is 5.19. The van der Waals surface area contributed by atoms with E-state index in [4.69, 9.17) is 0 Å². The fraction of sp³-hybridized carbons (Fsp3) is 0.294. The molecule has 1 aliphatic heterocycles. The van der Waals surface area contributed by atoms with Gasteiger partial charge in [-0.3, -0.25) is 19.7 Å². The predicted molar refractivity (Wildman–Crippen MR) is 97.0 cm³/mol. The number of aromatic nitrogens is 1. The standard InChI is InChI=1S/C17H18N4O4S/c1-10-9-26-16(25)21(10)7-6-13(22)18-12-5-3-4-11(8-12)17(2)14(23)19-15(24)20-17/h3-5,8-9H,6-7H2,1-2H3,(H,18,22)(H2,19,20,23,24)/t17-/m0/s1. The number of anilines is 1. The van der Waals surface area contributed by atoms with Crippen LogP contribution >= 0.6 is 11.3 Å². The van der Waals surface area contributed by atoms with Crippen LogP contribution in [-0.2, 0) is 21.7 Å². The number of amides is 4. The van der Waals surface area contributed by atoms with Gasteiger partial charge in [0.15, 0.2) is 0 Å². The van der Waals surface area contributed by atoms with Crippen LogP contribution in [0.2, 0.25) is 0 Å². The molecule has 4 amide bonds. The highest BCUT2D eigenvalue weighted by atomic mass is 32.1. The SMILES string of the molecule is Cc1csc(=O)n1CCC(=O)Nc1cccc([C@]2(C)NC(=O)NC2=O)c1. The zero-order valence-electron chi connectivity index (χ0n) is 14.3. The number of hydrogen-bond donors (Lipinski definition) is 3. The van der Waals surface area contributed by atoms with E-state index in [0.29, 0.717) is 17.8 Å². The number of nitrogens with zero attached hydrogens (tertiary/aromatic N) is 1. The van der Waals surface area contributed by atoms with Gasteiger partial charge in [0.05, 0.1) is 0 Å². The van der Waals surface area contributed by atoms with Crippen LogP contribution in [0.3, 0.4) is 0 Å². The number of imide groups is 1. The van der Waals surface area contributed by atoms with Gasteiger partial charge in [0.2, 0.25) is 5.91 Å². The molecule has 8 nitrogen and oxygen atoms in total. The van der Waals surface area contributed by atoms with Gasteiger partial charge in [0.25, 0.3) is 5.91 Å². The van der Waals surface area contributed by atoms with E-state index >= 15 is 0 Å². The molecule has 9 heteroatoms. The maximum Gasteiger partial charge on any atom is 0.322 e. The molecule has 0 aliphatic carbocycles. The summed E-state index contributed by atoms with van der Waals surface area (Å²) < 4.78 is 1.56. The van der Waals surface area contributed by atoms with E-state index in [9.17, 15) is 19.2 Å². The number of rotatable bonds is 5. The van der Waals surface area contributed by atoms with Gasteiger partial charge < -0.3 is 15.2 Å². The van der Waals surface area contributed by atoms with Crippen molar-refractivity contribution in [3.63, 3.8) is 0 Å². The second-order valence-electron chi connectivity index (χ2n) is 6.21. The Morgan fingerprint density at radius 1 is 1.31 bits per heavy atom. The molecular formula is C17H18N4O4S. The molecule has 0 unspecified atom stereocenters. The van der Waals surface area contributed by atoms with Gasteiger partial charge in [-0.2, -0.15) is 0 Å². The van der Waals surface area contributed by atoms with Crippen LogP contribution in [-0.4, -0.2) is 22.4 Å². The number of urea groups is 1. The molecule has 1 fully saturated rings. The Morgan fingerprint density at radius 2 is 2.08 bits per heavy atom. The number of carbonyl (C=O) groups is 3. The second-order valence-corrected chi connectivity index (χ2v) is 7.03. The Hall–Kier alpha value is -2.94. The Bertz CT molecular complexity index is 948. The molecule has 1 atom stereocenters. The summed E-state index contributed by atoms with van der Waals surface area (Å²) in [5, 5.41) is 9.30. The fourth-order valence-electron chi connectivity index (χ4n) is 2.77. The van der Waals surface area contributed by atoms with Gasteiger partial charge in [-0.25, -0.2) is 4.79 Å². The smallest absolute Gasteiger partial charge is 0.322 e. The zero-order chi connectivity index (χ0) is 18.9. The molecule has 1 aliphatic rings. The highest BCUT2D eigenvalue weighted by molar-refractivity contribution is 7.07. The third kappa shape index (κ3) is 3.38. The molecule has 3 N–H and O–H groups in total. The molecule has 1 saturated heterocycles. The lowest BCUT2D eigenvalue weighted by molar-refractivity contribution is -0.123. The summed E-state index contributed by atoms with van der Waals surface area (Å²) in [5.41, 5.74) is 0.713. The topological polar surface area (TPSA) is 109 Å².